The molecule has 156 valence electrons. The van der Waals surface area contributed by atoms with Gasteiger partial charge in [-0.05, 0) is 43.5 Å². The van der Waals surface area contributed by atoms with Crippen LogP contribution in [0.3, 0.4) is 0 Å². The number of hydrogen-bond acceptors (Lipinski definition) is 5. The van der Waals surface area contributed by atoms with Gasteiger partial charge in [0.2, 0.25) is 0 Å². The van der Waals surface area contributed by atoms with Crippen molar-refractivity contribution in [3.8, 4) is 0 Å². The molecule has 30 heavy (non-hydrogen) atoms. The van der Waals surface area contributed by atoms with E-state index in [9.17, 15) is 9.18 Å². The molecule has 2 fully saturated rings. The summed E-state index contributed by atoms with van der Waals surface area (Å²) in [5, 5.41) is 0.695. The SMILES string of the molecule is O=c1[nH]c([C@@H]2CC[C@H](N3CCN(c4ccc(Cl)cn4)CC3)C2)nc2cccc(F)c12. The number of anilines is 1. The first kappa shape index (κ1) is 19.5. The highest BCUT2D eigenvalue weighted by atomic mass is 35.5. The summed E-state index contributed by atoms with van der Waals surface area (Å²) in [7, 11) is 0. The summed E-state index contributed by atoms with van der Waals surface area (Å²) in [6.45, 7) is 3.82. The lowest BCUT2D eigenvalue weighted by molar-refractivity contribution is 0.185. The summed E-state index contributed by atoms with van der Waals surface area (Å²) >= 11 is 5.94. The molecule has 3 heterocycles. The maximum atomic E-state index is 14.0. The lowest BCUT2D eigenvalue weighted by atomic mass is 10.1. The molecule has 1 aliphatic carbocycles. The van der Waals surface area contributed by atoms with Crippen LogP contribution in [-0.4, -0.2) is 52.1 Å². The number of nitrogens with one attached hydrogen (secondary N) is 1. The molecule has 2 aromatic heterocycles. The second-order valence-corrected chi connectivity index (χ2v) is 8.54. The lowest BCUT2D eigenvalue weighted by Gasteiger charge is -2.38. The van der Waals surface area contributed by atoms with E-state index < -0.39 is 5.82 Å². The van der Waals surface area contributed by atoms with Crippen LogP contribution in [0.1, 0.15) is 31.0 Å². The molecule has 8 heteroatoms. The molecule has 1 saturated carbocycles. The van der Waals surface area contributed by atoms with Crippen LogP contribution in [0.15, 0.2) is 41.3 Å². The fourth-order valence-electron chi connectivity index (χ4n) is 4.77. The fourth-order valence-corrected chi connectivity index (χ4v) is 4.88. The smallest absolute Gasteiger partial charge is 0.261 e. The van der Waals surface area contributed by atoms with Crippen LogP contribution < -0.4 is 10.5 Å². The Balaban J connectivity index is 1.25. The summed E-state index contributed by atoms with van der Waals surface area (Å²) in [5.74, 6) is 1.33. The highest BCUT2D eigenvalue weighted by Crippen LogP contribution is 2.36. The van der Waals surface area contributed by atoms with E-state index in [1.165, 1.54) is 6.07 Å². The van der Waals surface area contributed by atoms with E-state index in [-0.39, 0.29) is 16.9 Å². The van der Waals surface area contributed by atoms with Gasteiger partial charge in [0.25, 0.3) is 5.56 Å². The maximum Gasteiger partial charge on any atom is 0.261 e. The zero-order valence-electron chi connectivity index (χ0n) is 16.5. The van der Waals surface area contributed by atoms with Crippen molar-refractivity contribution in [3.05, 3.63) is 63.5 Å². The van der Waals surface area contributed by atoms with Crippen molar-refractivity contribution in [2.45, 2.75) is 31.2 Å². The van der Waals surface area contributed by atoms with Gasteiger partial charge >= 0.3 is 0 Å². The third-order valence-corrected chi connectivity index (χ3v) is 6.58. The quantitative estimate of drug-likeness (QED) is 0.692. The Bertz CT molecular complexity index is 1110. The zero-order chi connectivity index (χ0) is 20.7. The molecule has 0 bridgehead atoms. The number of nitrogens with zero attached hydrogens (tertiary/aromatic N) is 4. The van der Waals surface area contributed by atoms with E-state index >= 15 is 0 Å². The standard InChI is InChI=1S/C22H23ClFN5O/c23-15-5-7-19(25-13-15)29-10-8-28(9-11-29)16-6-4-14(12-16)21-26-18-3-1-2-17(24)20(18)22(30)27-21/h1-3,5,7,13-14,16H,4,6,8-12H2,(H,26,27,30)/t14-,16+/m1/s1. The van der Waals surface area contributed by atoms with Crippen molar-refractivity contribution < 1.29 is 4.39 Å². The van der Waals surface area contributed by atoms with Gasteiger partial charge in [-0.2, -0.15) is 0 Å². The van der Waals surface area contributed by atoms with Gasteiger partial charge in [0, 0.05) is 44.3 Å². The summed E-state index contributed by atoms with van der Waals surface area (Å²) < 4.78 is 14.0. The van der Waals surface area contributed by atoms with Crippen molar-refractivity contribution in [1.82, 2.24) is 19.9 Å². The zero-order valence-corrected chi connectivity index (χ0v) is 17.3. The Kier molecular flexibility index (Phi) is 5.16. The molecular weight excluding hydrogens is 405 g/mol. The van der Waals surface area contributed by atoms with Crippen LogP contribution >= 0.6 is 11.6 Å². The highest BCUT2D eigenvalue weighted by molar-refractivity contribution is 6.30. The third-order valence-electron chi connectivity index (χ3n) is 6.36. The average molecular weight is 428 g/mol. The van der Waals surface area contributed by atoms with Crippen LogP contribution in [0.5, 0.6) is 0 Å². The molecule has 6 nitrogen and oxygen atoms in total. The molecule has 5 rings (SSSR count). The molecule has 3 aromatic rings. The molecule has 1 aromatic carbocycles. The number of aromatic nitrogens is 3. The van der Waals surface area contributed by atoms with Crippen molar-refractivity contribution in [3.63, 3.8) is 0 Å². The van der Waals surface area contributed by atoms with Crippen molar-refractivity contribution in [1.29, 1.82) is 0 Å². The van der Waals surface area contributed by atoms with Gasteiger partial charge in [0.15, 0.2) is 0 Å². The molecule has 0 amide bonds. The highest BCUT2D eigenvalue weighted by Gasteiger charge is 2.33. The number of hydrogen-bond donors (Lipinski definition) is 1. The van der Waals surface area contributed by atoms with Gasteiger partial charge in [-0.15, -0.1) is 0 Å². The van der Waals surface area contributed by atoms with Crippen LogP contribution in [-0.2, 0) is 0 Å². The van der Waals surface area contributed by atoms with Crippen LogP contribution in [0, 0.1) is 5.82 Å². The predicted molar refractivity (Wildman–Crippen MR) is 116 cm³/mol. The number of rotatable bonds is 3. The number of pyridine rings is 1. The number of halogens is 2. The van der Waals surface area contributed by atoms with Gasteiger partial charge in [-0.1, -0.05) is 17.7 Å². The Morgan fingerprint density at radius 2 is 1.93 bits per heavy atom. The molecule has 1 aliphatic heterocycles. The van der Waals surface area contributed by atoms with Crippen molar-refractivity contribution >= 4 is 28.3 Å². The molecule has 1 saturated heterocycles. The maximum absolute atomic E-state index is 14.0. The minimum absolute atomic E-state index is 0.0442. The monoisotopic (exact) mass is 427 g/mol. The summed E-state index contributed by atoms with van der Waals surface area (Å²) in [6.07, 6.45) is 4.71. The number of aromatic amines is 1. The average Bonchev–Trinajstić information content (AvgIpc) is 3.25. The minimum Gasteiger partial charge on any atom is -0.354 e. The van der Waals surface area contributed by atoms with Crippen molar-refractivity contribution in [2.75, 3.05) is 31.1 Å². The topological polar surface area (TPSA) is 65.1 Å². The molecule has 1 N–H and O–H groups in total. The van der Waals surface area contributed by atoms with E-state index in [1.807, 2.05) is 12.1 Å². The normalized spacial score (nSPS) is 22.7. The molecule has 0 unspecified atom stereocenters. The van der Waals surface area contributed by atoms with Gasteiger partial charge < -0.3 is 9.88 Å². The largest absolute Gasteiger partial charge is 0.354 e. The molecule has 2 atom stereocenters. The summed E-state index contributed by atoms with van der Waals surface area (Å²) in [4.78, 5) is 29.0. The van der Waals surface area contributed by atoms with Gasteiger partial charge in [-0.25, -0.2) is 14.4 Å². The second-order valence-electron chi connectivity index (χ2n) is 8.11. The van der Waals surface area contributed by atoms with Crippen molar-refractivity contribution in [2.24, 2.45) is 0 Å². The number of H-pyrrole nitrogens is 1. The fraction of sp³-hybridized carbons (Fsp3) is 0.409. The van der Waals surface area contributed by atoms with E-state index in [0.717, 1.165) is 51.3 Å². The summed E-state index contributed by atoms with van der Waals surface area (Å²) in [5.41, 5.74) is 0.0434. The van der Waals surface area contributed by atoms with Crippen LogP contribution in [0.25, 0.3) is 10.9 Å². The van der Waals surface area contributed by atoms with Gasteiger partial charge in [0.05, 0.1) is 10.5 Å². The van der Waals surface area contributed by atoms with Gasteiger partial charge in [-0.3, -0.25) is 9.69 Å². The molecular formula is C22H23ClFN5O. The molecule has 2 aliphatic rings. The van der Waals surface area contributed by atoms with E-state index in [4.69, 9.17) is 11.6 Å². The number of fused-ring (bicyclic) bond motifs is 1. The second kappa shape index (κ2) is 7.96. The van der Waals surface area contributed by atoms with Crippen LogP contribution in [0.4, 0.5) is 10.2 Å². The Labute approximate surface area is 178 Å². The first-order valence-electron chi connectivity index (χ1n) is 10.4. The van der Waals surface area contributed by atoms with E-state index in [0.29, 0.717) is 22.4 Å². The first-order chi connectivity index (χ1) is 14.6. The predicted octanol–water partition coefficient (Wildman–Crippen LogP) is 3.57. The van der Waals surface area contributed by atoms with Crippen LogP contribution in [0.2, 0.25) is 5.02 Å². The molecule has 0 spiro atoms. The van der Waals surface area contributed by atoms with E-state index in [2.05, 4.69) is 24.8 Å². The number of piperazine rings is 1. The lowest BCUT2D eigenvalue weighted by Crippen LogP contribution is -2.50. The molecule has 0 radical (unpaired) electrons. The first-order valence-corrected chi connectivity index (χ1v) is 10.8. The van der Waals surface area contributed by atoms with E-state index in [1.54, 1.807) is 18.3 Å². The Morgan fingerprint density at radius 1 is 1.10 bits per heavy atom. The Hall–Kier alpha value is -2.51. The van der Waals surface area contributed by atoms with Gasteiger partial charge in [0.1, 0.15) is 22.8 Å². The Morgan fingerprint density at radius 3 is 2.70 bits per heavy atom. The third kappa shape index (κ3) is 3.68. The summed E-state index contributed by atoms with van der Waals surface area (Å²) in [6, 6.07) is 8.91. The minimum atomic E-state index is -0.523. The number of benzene rings is 1.